The van der Waals surface area contributed by atoms with Crippen LogP contribution in [0.2, 0.25) is 0 Å². The van der Waals surface area contributed by atoms with Crippen molar-refractivity contribution in [2.75, 3.05) is 5.73 Å². The molecule has 0 amide bonds. The van der Waals surface area contributed by atoms with Crippen LogP contribution in [0.4, 0.5) is 5.82 Å². The maximum absolute atomic E-state index is 5.83. The number of hydrogen-bond donors (Lipinski definition) is 1. The van der Waals surface area contributed by atoms with Gasteiger partial charge in [0.1, 0.15) is 5.82 Å². The van der Waals surface area contributed by atoms with Crippen molar-refractivity contribution in [1.29, 1.82) is 0 Å². The van der Waals surface area contributed by atoms with Crippen LogP contribution < -0.4 is 5.73 Å². The van der Waals surface area contributed by atoms with E-state index in [1.165, 1.54) is 22.5 Å². The summed E-state index contributed by atoms with van der Waals surface area (Å²) in [5, 5.41) is 5.70. The Morgan fingerprint density at radius 2 is 2.16 bits per heavy atom. The molecule has 96 valence electrons. The molecule has 0 saturated heterocycles. The molecule has 4 rings (SSSR count). The summed E-state index contributed by atoms with van der Waals surface area (Å²) < 4.78 is 2.94. The Bertz CT molecular complexity index is 747. The highest BCUT2D eigenvalue weighted by molar-refractivity contribution is 7.18. The highest BCUT2D eigenvalue weighted by Gasteiger charge is 2.27. The average molecular weight is 270 g/mol. The van der Waals surface area contributed by atoms with E-state index in [0.717, 1.165) is 16.8 Å². The van der Waals surface area contributed by atoms with E-state index in [0.29, 0.717) is 11.7 Å². The molecule has 3 aromatic rings. The quantitative estimate of drug-likeness (QED) is 0.778. The van der Waals surface area contributed by atoms with Crippen molar-refractivity contribution in [3.05, 3.63) is 29.3 Å². The lowest BCUT2D eigenvalue weighted by molar-refractivity contribution is 0.782. The molecule has 19 heavy (non-hydrogen) atoms. The fourth-order valence-electron chi connectivity index (χ4n) is 2.23. The molecule has 2 heterocycles. The number of nitrogens with two attached hydrogens (primary N) is 1. The third-order valence-corrected chi connectivity index (χ3v) is 4.72. The molecule has 1 aliphatic carbocycles. The SMILES string of the molecule is Cn1nc(-c2ccc3nc(C4CC4)sc3c2)cc1N. The summed E-state index contributed by atoms with van der Waals surface area (Å²) in [6.07, 6.45) is 2.59. The molecule has 0 spiro atoms. The number of aromatic nitrogens is 3. The van der Waals surface area contributed by atoms with Crippen molar-refractivity contribution in [3.8, 4) is 11.3 Å². The molecule has 1 saturated carbocycles. The smallest absolute Gasteiger partial charge is 0.121 e. The zero-order valence-corrected chi connectivity index (χ0v) is 11.4. The maximum atomic E-state index is 5.83. The van der Waals surface area contributed by atoms with Crippen molar-refractivity contribution >= 4 is 27.4 Å². The van der Waals surface area contributed by atoms with Gasteiger partial charge < -0.3 is 5.73 Å². The van der Waals surface area contributed by atoms with Gasteiger partial charge in [-0.3, -0.25) is 4.68 Å². The molecule has 1 fully saturated rings. The summed E-state index contributed by atoms with van der Waals surface area (Å²) in [6, 6.07) is 8.23. The van der Waals surface area contributed by atoms with Crippen LogP contribution in [-0.2, 0) is 7.05 Å². The topological polar surface area (TPSA) is 56.7 Å². The van der Waals surface area contributed by atoms with Gasteiger partial charge in [-0.1, -0.05) is 6.07 Å². The van der Waals surface area contributed by atoms with Gasteiger partial charge >= 0.3 is 0 Å². The van der Waals surface area contributed by atoms with Crippen LogP contribution in [-0.4, -0.2) is 14.8 Å². The number of benzene rings is 1. The van der Waals surface area contributed by atoms with E-state index >= 15 is 0 Å². The molecule has 0 aliphatic heterocycles. The summed E-state index contributed by atoms with van der Waals surface area (Å²) in [4.78, 5) is 4.70. The van der Waals surface area contributed by atoms with Gasteiger partial charge in [-0.25, -0.2) is 4.98 Å². The minimum Gasteiger partial charge on any atom is -0.384 e. The molecule has 0 radical (unpaired) electrons. The third-order valence-electron chi connectivity index (χ3n) is 3.54. The number of fused-ring (bicyclic) bond motifs is 1. The van der Waals surface area contributed by atoms with E-state index in [1.807, 2.05) is 24.5 Å². The lowest BCUT2D eigenvalue weighted by Gasteiger charge is -1.95. The number of thiazole rings is 1. The van der Waals surface area contributed by atoms with Crippen molar-refractivity contribution in [2.24, 2.45) is 7.05 Å². The normalized spacial score (nSPS) is 15.2. The van der Waals surface area contributed by atoms with Gasteiger partial charge in [-0.15, -0.1) is 11.3 Å². The van der Waals surface area contributed by atoms with Crippen molar-refractivity contribution in [1.82, 2.24) is 14.8 Å². The second-order valence-corrected chi connectivity index (χ2v) is 6.15. The summed E-state index contributed by atoms with van der Waals surface area (Å²) in [5.74, 6) is 1.39. The maximum Gasteiger partial charge on any atom is 0.121 e. The molecule has 5 heteroatoms. The predicted octanol–water partition coefficient (Wildman–Crippen LogP) is 3.16. The Morgan fingerprint density at radius 3 is 2.84 bits per heavy atom. The minimum atomic E-state index is 0.679. The lowest BCUT2D eigenvalue weighted by Crippen LogP contribution is -1.96. The van der Waals surface area contributed by atoms with Gasteiger partial charge in [0, 0.05) is 24.6 Å². The molecule has 1 aromatic carbocycles. The van der Waals surface area contributed by atoms with Gasteiger partial charge in [-0.05, 0) is 25.0 Å². The number of nitrogen functional groups attached to an aromatic ring is 1. The molecule has 4 nitrogen and oxygen atoms in total. The molecule has 2 N–H and O–H groups in total. The highest BCUT2D eigenvalue weighted by atomic mass is 32.1. The van der Waals surface area contributed by atoms with E-state index in [1.54, 1.807) is 4.68 Å². The van der Waals surface area contributed by atoms with Gasteiger partial charge in [-0.2, -0.15) is 5.10 Å². The number of hydrogen-bond acceptors (Lipinski definition) is 4. The zero-order valence-electron chi connectivity index (χ0n) is 10.6. The third kappa shape index (κ3) is 1.81. The molecule has 2 aromatic heterocycles. The second kappa shape index (κ2) is 3.81. The fraction of sp³-hybridized carbons (Fsp3) is 0.286. The standard InChI is InChI=1S/C14H14N4S/c1-18-13(15)7-11(17-18)9-4-5-10-12(6-9)19-14(16-10)8-2-3-8/h4-8H,2-3,15H2,1H3. The average Bonchev–Trinajstić information content (AvgIpc) is 3.08. The van der Waals surface area contributed by atoms with Crippen LogP contribution in [0.5, 0.6) is 0 Å². The van der Waals surface area contributed by atoms with E-state index in [4.69, 9.17) is 10.7 Å². The Kier molecular flexibility index (Phi) is 2.20. The molecule has 1 aliphatic rings. The molecule has 0 unspecified atom stereocenters. The monoisotopic (exact) mass is 270 g/mol. The Morgan fingerprint density at radius 1 is 1.32 bits per heavy atom. The van der Waals surface area contributed by atoms with Gasteiger partial charge in [0.25, 0.3) is 0 Å². The first-order valence-electron chi connectivity index (χ1n) is 6.41. The number of rotatable bonds is 2. The second-order valence-electron chi connectivity index (χ2n) is 5.09. The predicted molar refractivity (Wildman–Crippen MR) is 78.2 cm³/mol. The van der Waals surface area contributed by atoms with Crippen LogP contribution in [0.1, 0.15) is 23.8 Å². The first kappa shape index (κ1) is 11.0. The number of aryl methyl sites for hydroxylation is 1. The van der Waals surface area contributed by atoms with E-state index in [9.17, 15) is 0 Å². The Hall–Kier alpha value is -1.88. The fourth-order valence-corrected chi connectivity index (χ4v) is 3.41. The first-order chi connectivity index (χ1) is 9.20. The van der Waals surface area contributed by atoms with Crippen LogP contribution in [0, 0.1) is 0 Å². The van der Waals surface area contributed by atoms with Crippen LogP contribution >= 0.6 is 11.3 Å². The van der Waals surface area contributed by atoms with E-state index < -0.39 is 0 Å². The Labute approximate surface area is 114 Å². The number of anilines is 1. The Balaban J connectivity index is 1.82. The summed E-state index contributed by atoms with van der Waals surface area (Å²) >= 11 is 1.81. The summed E-state index contributed by atoms with van der Waals surface area (Å²) in [5.41, 5.74) is 8.95. The van der Waals surface area contributed by atoms with Gasteiger partial charge in [0.15, 0.2) is 0 Å². The summed E-state index contributed by atoms with van der Waals surface area (Å²) in [6.45, 7) is 0. The van der Waals surface area contributed by atoms with Crippen molar-refractivity contribution in [2.45, 2.75) is 18.8 Å². The van der Waals surface area contributed by atoms with Gasteiger partial charge in [0.2, 0.25) is 0 Å². The number of nitrogens with zero attached hydrogens (tertiary/aromatic N) is 3. The summed E-state index contributed by atoms with van der Waals surface area (Å²) in [7, 11) is 1.86. The molecule has 0 bridgehead atoms. The first-order valence-corrected chi connectivity index (χ1v) is 7.23. The van der Waals surface area contributed by atoms with Crippen LogP contribution in [0.15, 0.2) is 24.3 Å². The largest absolute Gasteiger partial charge is 0.384 e. The van der Waals surface area contributed by atoms with E-state index in [2.05, 4.69) is 23.3 Å². The lowest BCUT2D eigenvalue weighted by atomic mass is 10.1. The van der Waals surface area contributed by atoms with Crippen molar-refractivity contribution in [3.63, 3.8) is 0 Å². The van der Waals surface area contributed by atoms with Crippen molar-refractivity contribution < 1.29 is 0 Å². The van der Waals surface area contributed by atoms with Crippen LogP contribution in [0.3, 0.4) is 0 Å². The van der Waals surface area contributed by atoms with Crippen LogP contribution in [0.25, 0.3) is 21.5 Å². The zero-order chi connectivity index (χ0) is 13.0. The minimum absolute atomic E-state index is 0.679. The highest BCUT2D eigenvalue weighted by Crippen LogP contribution is 2.43. The molecular formula is C14H14N4S. The molecule has 0 atom stereocenters. The van der Waals surface area contributed by atoms with Gasteiger partial charge in [0.05, 0.1) is 20.9 Å². The van der Waals surface area contributed by atoms with E-state index in [-0.39, 0.29) is 0 Å². The molecular weight excluding hydrogens is 256 g/mol.